The maximum atomic E-state index is 13.5. The van der Waals surface area contributed by atoms with Crippen LogP contribution in [0.4, 0.5) is 4.39 Å². The van der Waals surface area contributed by atoms with Crippen LogP contribution >= 0.6 is 15.9 Å². The SMILES string of the molecule is Cc1cc(F)c(Br)cc1-n1nncc1CNC1CC1. The first-order chi connectivity index (χ1) is 9.15. The van der Waals surface area contributed by atoms with E-state index in [1.165, 1.54) is 18.9 Å². The van der Waals surface area contributed by atoms with Gasteiger partial charge in [-0.25, -0.2) is 9.07 Å². The van der Waals surface area contributed by atoms with E-state index in [0.29, 0.717) is 10.5 Å². The Bertz CT molecular complexity index is 607. The molecule has 1 N–H and O–H groups in total. The molecule has 6 heteroatoms. The fourth-order valence-corrected chi connectivity index (χ4v) is 2.31. The second kappa shape index (κ2) is 5.02. The molecule has 0 aliphatic heterocycles. The Morgan fingerprint density at radius 3 is 3.00 bits per heavy atom. The van der Waals surface area contributed by atoms with Crippen LogP contribution < -0.4 is 5.32 Å². The quantitative estimate of drug-likeness (QED) is 0.940. The Kier molecular flexibility index (Phi) is 3.36. The smallest absolute Gasteiger partial charge is 0.137 e. The van der Waals surface area contributed by atoms with Crippen molar-refractivity contribution in [2.45, 2.75) is 32.4 Å². The van der Waals surface area contributed by atoms with Gasteiger partial charge in [-0.2, -0.15) is 0 Å². The number of aryl methyl sites for hydroxylation is 1. The second-order valence-corrected chi connectivity index (χ2v) is 5.70. The molecule has 1 saturated carbocycles. The summed E-state index contributed by atoms with van der Waals surface area (Å²) in [7, 11) is 0. The van der Waals surface area contributed by atoms with Gasteiger partial charge in [0.05, 0.1) is 22.1 Å². The minimum atomic E-state index is -0.265. The number of halogens is 2. The van der Waals surface area contributed by atoms with E-state index >= 15 is 0 Å². The molecule has 0 atom stereocenters. The van der Waals surface area contributed by atoms with E-state index in [2.05, 4.69) is 31.6 Å². The third kappa shape index (κ3) is 2.69. The molecule has 0 unspecified atom stereocenters. The zero-order valence-electron chi connectivity index (χ0n) is 10.5. The minimum Gasteiger partial charge on any atom is -0.308 e. The Balaban J connectivity index is 1.92. The van der Waals surface area contributed by atoms with Crippen molar-refractivity contribution in [3.63, 3.8) is 0 Å². The molecule has 0 bridgehead atoms. The normalized spacial score (nSPS) is 14.9. The highest BCUT2D eigenvalue weighted by atomic mass is 79.9. The molecule has 3 rings (SSSR count). The van der Waals surface area contributed by atoms with Gasteiger partial charge in [-0.1, -0.05) is 5.21 Å². The van der Waals surface area contributed by atoms with Crippen molar-refractivity contribution in [1.82, 2.24) is 20.3 Å². The van der Waals surface area contributed by atoms with Crippen LogP contribution in [0.2, 0.25) is 0 Å². The summed E-state index contributed by atoms with van der Waals surface area (Å²) in [5.41, 5.74) is 2.66. The summed E-state index contributed by atoms with van der Waals surface area (Å²) >= 11 is 3.21. The van der Waals surface area contributed by atoms with Crippen LogP contribution in [0.5, 0.6) is 0 Å². The molecular formula is C13H14BrFN4. The zero-order chi connectivity index (χ0) is 13.4. The molecule has 0 amide bonds. The highest BCUT2D eigenvalue weighted by Crippen LogP contribution is 2.24. The molecule has 1 aliphatic rings. The molecule has 0 radical (unpaired) electrons. The first-order valence-corrected chi connectivity index (χ1v) is 7.03. The van der Waals surface area contributed by atoms with Crippen molar-refractivity contribution in [3.8, 4) is 5.69 Å². The molecule has 1 heterocycles. The molecule has 1 aliphatic carbocycles. The van der Waals surface area contributed by atoms with Gasteiger partial charge in [0.1, 0.15) is 5.82 Å². The van der Waals surface area contributed by atoms with Crippen molar-refractivity contribution < 1.29 is 4.39 Å². The monoisotopic (exact) mass is 324 g/mol. The highest BCUT2D eigenvalue weighted by Gasteiger charge is 2.21. The van der Waals surface area contributed by atoms with Gasteiger partial charge >= 0.3 is 0 Å². The Hall–Kier alpha value is -1.27. The lowest BCUT2D eigenvalue weighted by Gasteiger charge is -2.10. The van der Waals surface area contributed by atoms with Crippen molar-refractivity contribution in [3.05, 3.63) is 39.9 Å². The van der Waals surface area contributed by atoms with Gasteiger partial charge in [0, 0.05) is 12.6 Å². The average Bonchev–Trinajstić information content (AvgIpc) is 3.09. The van der Waals surface area contributed by atoms with E-state index < -0.39 is 0 Å². The molecular weight excluding hydrogens is 311 g/mol. The summed E-state index contributed by atoms with van der Waals surface area (Å²) in [5, 5.41) is 11.5. The number of nitrogens with one attached hydrogen (secondary N) is 1. The molecule has 0 spiro atoms. The maximum Gasteiger partial charge on any atom is 0.137 e. The highest BCUT2D eigenvalue weighted by molar-refractivity contribution is 9.10. The summed E-state index contributed by atoms with van der Waals surface area (Å²) in [6.07, 6.45) is 4.22. The van der Waals surface area contributed by atoms with E-state index in [4.69, 9.17) is 0 Å². The van der Waals surface area contributed by atoms with Gasteiger partial charge in [0.15, 0.2) is 0 Å². The van der Waals surface area contributed by atoms with Gasteiger partial charge in [-0.3, -0.25) is 0 Å². The number of hydrogen-bond donors (Lipinski definition) is 1. The largest absolute Gasteiger partial charge is 0.308 e. The van der Waals surface area contributed by atoms with E-state index in [1.807, 2.05) is 6.92 Å². The first-order valence-electron chi connectivity index (χ1n) is 6.24. The number of benzene rings is 1. The summed E-state index contributed by atoms with van der Waals surface area (Å²) < 4.78 is 15.7. The summed E-state index contributed by atoms with van der Waals surface area (Å²) in [5.74, 6) is -0.265. The van der Waals surface area contributed by atoms with Gasteiger partial charge in [0.2, 0.25) is 0 Å². The van der Waals surface area contributed by atoms with E-state index in [-0.39, 0.29) is 5.82 Å². The lowest BCUT2D eigenvalue weighted by Crippen LogP contribution is -2.18. The number of rotatable bonds is 4. The van der Waals surface area contributed by atoms with Gasteiger partial charge in [0.25, 0.3) is 0 Å². The summed E-state index contributed by atoms with van der Waals surface area (Å²) in [4.78, 5) is 0. The van der Waals surface area contributed by atoms with Gasteiger partial charge in [-0.15, -0.1) is 5.10 Å². The van der Waals surface area contributed by atoms with Crippen LogP contribution in [0.25, 0.3) is 5.69 Å². The summed E-state index contributed by atoms with van der Waals surface area (Å²) in [6.45, 7) is 2.59. The Morgan fingerprint density at radius 1 is 1.47 bits per heavy atom. The van der Waals surface area contributed by atoms with Crippen LogP contribution in [-0.4, -0.2) is 21.0 Å². The van der Waals surface area contributed by atoms with Crippen molar-refractivity contribution >= 4 is 15.9 Å². The number of aromatic nitrogens is 3. The number of nitrogens with zero attached hydrogens (tertiary/aromatic N) is 3. The molecule has 1 aromatic carbocycles. The standard InChI is InChI=1S/C13H14BrFN4/c1-8-4-12(15)11(14)5-13(8)19-10(7-17-18-19)6-16-9-2-3-9/h4-5,7,9,16H,2-3,6H2,1H3. The molecule has 100 valence electrons. The van der Waals surface area contributed by atoms with Crippen LogP contribution in [-0.2, 0) is 6.54 Å². The molecule has 2 aromatic rings. The topological polar surface area (TPSA) is 42.7 Å². The van der Waals surface area contributed by atoms with Gasteiger partial charge < -0.3 is 5.32 Å². The van der Waals surface area contributed by atoms with Crippen molar-refractivity contribution in [2.24, 2.45) is 0 Å². The molecule has 4 nitrogen and oxygen atoms in total. The van der Waals surface area contributed by atoms with Crippen LogP contribution in [0.15, 0.2) is 22.8 Å². The Labute approximate surface area is 119 Å². The number of hydrogen-bond acceptors (Lipinski definition) is 3. The fourth-order valence-electron chi connectivity index (χ4n) is 1.98. The molecule has 19 heavy (non-hydrogen) atoms. The van der Waals surface area contributed by atoms with Crippen LogP contribution in [0.1, 0.15) is 24.1 Å². The van der Waals surface area contributed by atoms with Crippen molar-refractivity contribution in [1.29, 1.82) is 0 Å². The van der Waals surface area contributed by atoms with Gasteiger partial charge in [-0.05, 0) is 53.4 Å². The minimum absolute atomic E-state index is 0.265. The first kappa shape index (κ1) is 12.7. The lowest BCUT2D eigenvalue weighted by atomic mass is 10.2. The van der Waals surface area contributed by atoms with Crippen LogP contribution in [0.3, 0.4) is 0 Å². The predicted molar refractivity (Wildman–Crippen MR) is 73.6 cm³/mol. The molecule has 1 fully saturated rings. The fraction of sp³-hybridized carbons (Fsp3) is 0.385. The van der Waals surface area contributed by atoms with E-state index in [1.54, 1.807) is 16.9 Å². The Morgan fingerprint density at radius 2 is 2.26 bits per heavy atom. The lowest BCUT2D eigenvalue weighted by molar-refractivity contribution is 0.616. The predicted octanol–water partition coefficient (Wildman–Crippen LogP) is 2.73. The second-order valence-electron chi connectivity index (χ2n) is 4.85. The average molecular weight is 325 g/mol. The van der Waals surface area contributed by atoms with Crippen molar-refractivity contribution in [2.75, 3.05) is 0 Å². The zero-order valence-corrected chi connectivity index (χ0v) is 12.1. The third-order valence-electron chi connectivity index (χ3n) is 3.24. The van der Waals surface area contributed by atoms with Crippen LogP contribution in [0, 0.1) is 12.7 Å². The molecule has 1 aromatic heterocycles. The third-order valence-corrected chi connectivity index (χ3v) is 3.84. The maximum absolute atomic E-state index is 13.5. The molecule has 0 saturated heterocycles. The van der Waals surface area contributed by atoms with E-state index in [0.717, 1.165) is 23.5 Å². The summed E-state index contributed by atoms with van der Waals surface area (Å²) in [6, 6.07) is 3.86. The van der Waals surface area contributed by atoms with E-state index in [9.17, 15) is 4.39 Å².